The Morgan fingerprint density at radius 2 is 1.89 bits per heavy atom. The van der Waals surface area contributed by atoms with Crippen molar-refractivity contribution in [2.45, 2.75) is 13.5 Å². The Balaban J connectivity index is 1.85. The molecule has 0 radical (unpaired) electrons. The number of carbonyl (C=O) groups excluding carboxylic acids is 2. The van der Waals surface area contributed by atoms with Crippen molar-refractivity contribution in [1.29, 1.82) is 0 Å². The van der Waals surface area contributed by atoms with Crippen LogP contribution in [0, 0.1) is 6.92 Å². The molecule has 28 heavy (non-hydrogen) atoms. The molecule has 0 unspecified atom stereocenters. The number of halogens is 1. The third-order valence-corrected chi connectivity index (χ3v) is 4.42. The van der Waals surface area contributed by atoms with E-state index in [2.05, 4.69) is 15.3 Å². The van der Waals surface area contributed by atoms with Crippen molar-refractivity contribution in [2.24, 2.45) is 0 Å². The highest BCUT2D eigenvalue weighted by Crippen LogP contribution is 2.30. The fraction of sp³-hybridized carbons (Fsp3) is 0.143. The maximum absolute atomic E-state index is 12.5. The fourth-order valence-electron chi connectivity index (χ4n) is 2.69. The van der Waals surface area contributed by atoms with Gasteiger partial charge in [-0.25, -0.2) is 4.79 Å². The molecule has 6 nitrogen and oxygen atoms in total. The van der Waals surface area contributed by atoms with Gasteiger partial charge in [0, 0.05) is 11.8 Å². The second-order valence-electron chi connectivity index (χ2n) is 6.07. The van der Waals surface area contributed by atoms with Gasteiger partial charge in [-0.1, -0.05) is 35.9 Å². The van der Waals surface area contributed by atoms with Gasteiger partial charge in [0.1, 0.15) is 0 Å². The van der Waals surface area contributed by atoms with Crippen molar-refractivity contribution < 1.29 is 14.3 Å². The van der Waals surface area contributed by atoms with E-state index < -0.39 is 5.97 Å². The highest BCUT2D eigenvalue weighted by molar-refractivity contribution is 6.34. The first-order valence-electron chi connectivity index (χ1n) is 8.52. The highest BCUT2D eigenvalue weighted by Gasteiger charge is 2.18. The van der Waals surface area contributed by atoms with Crippen LogP contribution >= 0.6 is 11.6 Å². The van der Waals surface area contributed by atoms with Gasteiger partial charge in [-0.15, -0.1) is 0 Å². The molecule has 0 atom stereocenters. The van der Waals surface area contributed by atoms with Crippen LogP contribution in [0.3, 0.4) is 0 Å². The van der Waals surface area contributed by atoms with E-state index in [4.69, 9.17) is 16.3 Å². The summed E-state index contributed by atoms with van der Waals surface area (Å²) in [5, 5.41) is 3.10. The number of amides is 1. The molecule has 0 fully saturated rings. The van der Waals surface area contributed by atoms with Crippen LogP contribution in [-0.4, -0.2) is 29.0 Å². The third-order valence-electron chi connectivity index (χ3n) is 4.10. The molecular formula is C21H18ClN3O3. The molecule has 0 saturated carbocycles. The predicted octanol–water partition coefficient (Wildman–Crippen LogP) is 3.82. The molecule has 1 heterocycles. The molecule has 0 spiro atoms. The molecular weight excluding hydrogens is 378 g/mol. The molecule has 0 bridgehead atoms. The van der Waals surface area contributed by atoms with Gasteiger partial charge in [-0.2, -0.15) is 0 Å². The minimum atomic E-state index is -0.534. The summed E-state index contributed by atoms with van der Waals surface area (Å²) in [6.07, 6.45) is 3.27. The summed E-state index contributed by atoms with van der Waals surface area (Å²) < 4.78 is 4.84. The lowest BCUT2D eigenvalue weighted by atomic mass is 9.98. The predicted molar refractivity (Wildman–Crippen MR) is 106 cm³/mol. The number of hydrogen-bond acceptors (Lipinski definition) is 5. The molecule has 7 heteroatoms. The zero-order valence-corrected chi connectivity index (χ0v) is 16.2. The van der Waals surface area contributed by atoms with Crippen molar-refractivity contribution in [3.8, 4) is 11.1 Å². The minimum absolute atomic E-state index is 0.258. The van der Waals surface area contributed by atoms with E-state index in [0.29, 0.717) is 22.4 Å². The molecule has 1 N–H and O–H groups in total. The number of aryl methyl sites for hydroxylation is 1. The number of nitrogens with one attached hydrogen (secondary N) is 1. The molecule has 0 aliphatic rings. The van der Waals surface area contributed by atoms with E-state index >= 15 is 0 Å². The van der Waals surface area contributed by atoms with Gasteiger partial charge in [0.2, 0.25) is 0 Å². The average molecular weight is 396 g/mol. The van der Waals surface area contributed by atoms with Gasteiger partial charge in [0.05, 0.1) is 41.8 Å². The second-order valence-corrected chi connectivity index (χ2v) is 6.47. The zero-order valence-electron chi connectivity index (χ0n) is 15.4. The van der Waals surface area contributed by atoms with E-state index in [0.717, 1.165) is 5.69 Å². The number of nitrogens with zero attached hydrogens (tertiary/aromatic N) is 2. The van der Waals surface area contributed by atoms with Gasteiger partial charge in [-0.05, 0) is 36.2 Å². The molecule has 0 saturated heterocycles. The third kappa shape index (κ3) is 4.35. The Bertz CT molecular complexity index is 1020. The fourth-order valence-corrected chi connectivity index (χ4v) is 2.94. The maximum atomic E-state index is 12.5. The van der Waals surface area contributed by atoms with Crippen LogP contribution in [0.4, 0.5) is 0 Å². The average Bonchev–Trinajstić information content (AvgIpc) is 2.72. The number of rotatable bonds is 5. The first kappa shape index (κ1) is 19.5. The van der Waals surface area contributed by atoms with Gasteiger partial charge >= 0.3 is 5.97 Å². The minimum Gasteiger partial charge on any atom is -0.465 e. The standard InChI is InChI=1S/C21H18ClN3O3/c1-13-10-24-16(11-23-13)12-25-20(26)15-6-3-5-14(9-15)17-7-4-8-18(22)19(17)21(27)28-2/h3-11H,12H2,1-2H3,(H,25,26). The summed E-state index contributed by atoms with van der Waals surface area (Å²) in [7, 11) is 1.30. The number of hydrogen-bond donors (Lipinski definition) is 1. The number of esters is 1. The van der Waals surface area contributed by atoms with Crippen molar-refractivity contribution in [2.75, 3.05) is 7.11 Å². The molecule has 0 aliphatic heterocycles. The Morgan fingerprint density at radius 3 is 2.61 bits per heavy atom. The molecule has 0 aliphatic carbocycles. The van der Waals surface area contributed by atoms with Gasteiger partial charge < -0.3 is 10.1 Å². The van der Waals surface area contributed by atoms with Crippen LogP contribution in [-0.2, 0) is 11.3 Å². The molecule has 2 aromatic carbocycles. The summed E-state index contributed by atoms with van der Waals surface area (Å²) >= 11 is 6.19. The van der Waals surface area contributed by atoms with Crippen LogP contribution in [0.15, 0.2) is 54.9 Å². The van der Waals surface area contributed by atoms with E-state index in [1.165, 1.54) is 7.11 Å². The molecule has 3 aromatic rings. The Morgan fingerprint density at radius 1 is 1.11 bits per heavy atom. The Labute approximate surface area is 167 Å². The highest BCUT2D eigenvalue weighted by atomic mass is 35.5. The number of benzene rings is 2. The number of carbonyl (C=O) groups is 2. The van der Waals surface area contributed by atoms with E-state index in [1.807, 2.05) is 6.92 Å². The van der Waals surface area contributed by atoms with Gasteiger partial charge in [-0.3, -0.25) is 14.8 Å². The Kier molecular flexibility index (Phi) is 6.01. The summed E-state index contributed by atoms with van der Waals surface area (Å²) in [5.74, 6) is -0.792. The monoisotopic (exact) mass is 395 g/mol. The second kappa shape index (κ2) is 8.63. The zero-order chi connectivity index (χ0) is 20.1. The maximum Gasteiger partial charge on any atom is 0.340 e. The van der Waals surface area contributed by atoms with E-state index in [9.17, 15) is 9.59 Å². The van der Waals surface area contributed by atoms with Crippen LogP contribution in [0.2, 0.25) is 5.02 Å². The summed E-state index contributed by atoms with van der Waals surface area (Å²) in [4.78, 5) is 33.0. The van der Waals surface area contributed by atoms with Gasteiger partial charge in [0.25, 0.3) is 5.91 Å². The molecule has 1 aromatic heterocycles. The Hall–Kier alpha value is -3.25. The van der Waals surface area contributed by atoms with Crippen molar-refractivity contribution >= 4 is 23.5 Å². The summed E-state index contributed by atoms with van der Waals surface area (Å²) in [5.41, 5.74) is 3.47. The first-order valence-corrected chi connectivity index (χ1v) is 8.90. The molecule has 1 amide bonds. The molecule has 142 valence electrons. The quantitative estimate of drug-likeness (QED) is 0.664. The van der Waals surface area contributed by atoms with Crippen molar-refractivity contribution in [1.82, 2.24) is 15.3 Å². The van der Waals surface area contributed by atoms with Crippen LogP contribution in [0.25, 0.3) is 11.1 Å². The molecule has 3 rings (SSSR count). The number of aromatic nitrogens is 2. The van der Waals surface area contributed by atoms with Gasteiger partial charge in [0.15, 0.2) is 0 Å². The van der Waals surface area contributed by atoms with Crippen LogP contribution in [0.1, 0.15) is 32.1 Å². The lowest BCUT2D eigenvalue weighted by molar-refractivity contribution is 0.0601. The topological polar surface area (TPSA) is 81.2 Å². The summed E-state index contributed by atoms with van der Waals surface area (Å²) in [6, 6.07) is 12.1. The van der Waals surface area contributed by atoms with Crippen LogP contribution < -0.4 is 5.32 Å². The number of ether oxygens (including phenoxy) is 1. The largest absolute Gasteiger partial charge is 0.465 e. The summed E-state index contributed by atoms with van der Waals surface area (Å²) in [6.45, 7) is 2.11. The van der Waals surface area contributed by atoms with E-state index in [1.54, 1.807) is 54.9 Å². The SMILES string of the molecule is COC(=O)c1c(Cl)cccc1-c1cccc(C(=O)NCc2cnc(C)cn2)c1. The lowest BCUT2D eigenvalue weighted by Gasteiger charge is -2.11. The lowest BCUT2D eigenvalue weighted by Crippen LogP contribution is -2.23. The number of methoxy groups -OCH3 is 1. The van der Waals surface area contributed by atoms with E-state index in [-0.39, 0.29) is 23.0 Å². The van der Waals surface area contributed by atoms with Crippen molar-refractivity contribution in [3.05, 3.63) is 82.4 Å². The first-order chi connectivity index (χ1) is 13.5. The van der Waals surface area contributed by atoms with Crippen LogP contribution in [0.5, 0.6) is 0 Å². The van der Waals surface area contributed by atoms with Crippen molar-refractivity contribution in [3.63, 3.8) is 0 Å². The normalized spacial score (nSPS) is 10.4. The smallest absolute Gasteiger partial charge is 0.340 e.